The molecule has 0 aromatic rings. The third-order valence-electron chi connectivity index (χ3n) is 4.07. The lowest BCUT2D eigenvalue weighted by molar-refractivity contribution is -0.918. The molecule has 0 N–H and O–H groups in total. The maximum atomic E-state index is 2.73. The first-order valence-electron chi connectivity index (χ1n) is 6.80. The predicted molar refractivity (Wildman–Crippen MR) is 66.8 cm³/mol. The molecule has 1 atom stereocenters. The summed E-state index contributed by atoms with van der Waals surface area (Å²) in [5.41, 5.74) is 0. The predicted octanol–water partition coefficient (Wildman–Crippen LogP) is 2.69. The fourth-order valence-electron chi connectivity index (χ4n) is 2.95. The molecule has 2 heteroatoms. The molecule has 1 unspecified atom stereocenters. The van der Waals surface area contributed by atoms with Crippen molar-refractivity contribution in [3.05, 3.63) is 0 Å². The minimum absolute atomic E-state index is 0.856. The Bertz CT molecular complexity index is 159. The number of likely N-dealkylation sites (N-methyl/N-ethyl adjacent to an activating group) is 1. The molecule has 15 heavy (non-hydrogen) atoms. The molecule has 1 rings (SSSR count). The van der Waals surface area contributed by atoms with E-state index < -0.39 is 0 Å². The van der Waals surface area contributed by atoms with E-state index >= 15 is 0 Å². The summed E-state index contributed by atoms with van der Waals surface area (Å²) >= 11 is 0. The van der Waals surface area contributed by atoms with Gasteiger partial charge in [-0.2, -0.15) is 0 Å². The number of quaternary nitrogens is 1. The molecule has 0 aromatic heterocycles. The highest BCUT2D eigenvalue weighted by atomic mass is 15.5. The molecule has 0 amide bonds. The highest BCUT2D eigenvalue weighted by molar-refractivity contribution is 4.75. The van der Waals surface area contributed by atoms with Crippen molar-refractivity contribution < 1.29 is 4.48 Å². The van der Waals surface area contributed by atoms with Gasteiger partial charge in [0.2, 0.25) is 0 Å². The molecule has 0 saturated carbocycles. The number of hydrogen-bond acceptors (Lipinski definition) is 1. The van der Waals surface area contributed by atoms with Gasteiger partial charge in [0.05, 0.1) is 25.7 Å². The standard InChI is InChI=1S/C13H29N2/c1-5-9-13-11-15(7-3,8-4)12-14(13)10-6-2/h13H,5-12H2,1-4H3/q+1. The Labute approximate surface area is 95.8 Å². The van der Waals surface area contributed by atoms with Crippen LogP contribution in [-0.2, 0) is 0 Å². The van der Waals surface area contributed by atoms with E-state index in [1.54, 1.807) is 0 Å². The van der Waals surface area contributed by atoms with E-state index in [4.69, 9.17) is 0 Å². The highest BCUT2D eigenvalue weighted by Crippen LogP contribution is 2.24. The minimum atomic E-state index is 0.856. The molecule has 0 bridgehead atoms. The Kier molecular flexibility index (Phi) is 5.07. The van der Waals surface area contributed by atoms with Crippen molar-refractivity contribution in [2.24, 2.45) is 0 Å². The van der Waals surface area contributed by atoms with Crippen LogP contribution < -0.4 is 0 Å². The number of nitrogens with zero attached hydrogens (tertiary/aromatic N) is 2. The van der Waals surface area contributed by atoms with Crippen molar-refractivity contribution in [2.75, 3.05) is 32.8 Å². The molecule has 1 heterocycles. The van der Waals surface area contributed by atoms with Crippen LogP contribution >= 0.6 is 0 Å². The maximum absolute atomic E-state index is 2.73. The van der Waals surface area contributed by atoms with Gasteiger partial charge in [0.25, 0.3) is 0 Å². The van der Waals surface area contributed by atoms with E-state index in [1.807, 2.05) is 0 Å². The van der Waals surface area contributed by atoms with Crippen LogP contribution in [0.5, 0.6) is 0 Å². The monoisotopic (exact) mass is 213 g/mol. The molecule has 0 aromatic carbocycles. The fourth-order valence-corrected chi connectivity index (χ4v) is 2.95. The van der Waals surface area contributed by atoms with Crippen LogP contribution in [0, 0.1) is 0 Å². The molecule has 1 aliphatic rings. The van der Waals surface area contributed by atoms with Crippen molar-refractivity contribution in [2.45, 2.75) is 53.0 Å². The molecular formula is C13H29N2+. The van der Waals surface area contributed by atoms with E-state index in [9.17, 15) is 0 Å². The summed E-state index contributed by atoms with van der Waals surface area (Å²) in [6.45, 7) is 15.9. The van der Waals surface area contributed by atoms with Crippen molar-refractivity contribution in [3.63, 3.8) is 0 Å². The van der Waals surface area contributed by atoms with Crippen LogP contribution in [0.25, 0.3) is 0 Å². The molecule has 1 saturated heterocycles. The quantitative estimate of drug-likeness (QED) is 0.613. The third kappa shape index (κ3) is 2.94. The normalized spacial score (nSPS) is 26.0. The zero-order valence-electron chi connectivity index (χ0n) is 11.1. The van der Waals surface area contributed by atoms with Crippen LogP contribution in [0.4, 0.5) is 0 Å². The van der Waals surface area contributed by atoms with Gasteiger partial charge in [0.15, 0.2) is 0 Å². The SMILES string of the molecule is CCCC1C[N+](CC)(CC)CN1CCC. The zero-order valence-corrected chi connectivity index (χ0v) is 11.1. The number of hydrogen-bond donors (Lipinski definition) is 0. The Balaban J connectivity index is 2.62. The first kappa shape index (κ1) is 13.0. The Hall–Kier alpha value is -0.0800. The Morgan fingerprint density at radius 2 is 1.73 bits per heavy atom. The third-order valence-corrected chi connectivity index (χ3v) is 4.07. The minimum Gasteiger partial charge on any atom is -0.310 e. The average Bonchev–Trinajstić information content (AvgIpc) is 2.59. The zero-order chi connectivity index (χ0) is 11.3. The summed E-state index contributed by atoms with van der Waals surface area (Å²) < 4.78 is 1.32. The maximum Gasteiger partial charge on any atom is 0.135 e. The van der Waals surface area contributed by atoms with E-state index in [-0.39, 0.29) is 0 Å². The van der Waals surface area contributed by atoms with Crippen LogP contribution in [-0.4, -0.2) is 48.3 Å². The van der Waals surface area contributed by atoms with Gasteiger partial charge in [-0.1, -0.05) is 20.3 Å². The molecule has 1 aliphatic heterocycles. The second kappa shape index (κ2) is 5.86. The average molecular weight is 213 g/mol. The van der Waals surface area contributed by atoms with Crippen LogP contribution in [0.3, 0.4) is 0 Å². The van der Waals surface area contributed by atoms with E-state index in [0.717, 1.165) is 6.04 Å². The van der Waals surface area contributed by atoms with Gasteiger partial charge in [-0.3, -0.25) is 0 Å². The molecule has 0 aliphatic carbocycles. The highest BCUT2D eigenvalue weighted by Gasteiger charge is 2.40. The topological polar surface area (TPSA) is 3.24 Å². The summed E-state index contributed by atoms with van der Waals surface area (Å²) in [5.74, 6) is 0. The summed E-state index contributed by atoms with van der Waals surface area (Å²) in [7, 11) is 0. The van der Waals surface area contributed by atoms with Crippen molar-refractivity contribution in [1.82, 2.24) is 4.90 Å². The molecule has 0 radical (unpaired) electrons. The van der Waals surface area contributed by atoms with Crippen LogP contribution in [0.15, 0.2) is 0 Å². The lowest BCUT2D eigenvalue weighted by Crippen LogP contribution is -2.46. The van der Waals surface area contributed by atoms with Crippen molar-refractivity contribution >= 4 is 0 Å². The van der Waals surface area contributed by atoms with Gasteiger partial charge >= 0.3 is 0 Å². The fraction of sp³-hybridized carbons (Fsp3) is 1.00. The summed E-state index contributed by atoms with van der Waals surface area (Å²) in [4.78, 5) is 2.73. The van der Waals surface area contributed by atoms with Crippen LogP contribution in [0.2, 0.25) is 0 Å². The molecule has 0 spiro atoms. The summed E-state index contributed by atoms with van der Waals surface area (Å²) in [5, 5.41) is 0. The van der Waals surface area contributed by atoms with Gasteiger partial charge in [-0.05, 0) is 26.7 Å². The molecule has 2 nitrogen and oxygen atoms in total. The second-order valence-corrected chi connectivity index (χ2v) is 5.05. The second-order valence-electron chi connectivity index (χ2n) is 5.05. The van der Waals surface area contributed by atoms with Gasteiger partial charge in [0.1, 0.15) is 6.67 Å². The molecule has 1 fully saturated rings. The lowest BCUT2D eigenvalue weighted by atomic mass is 10.1. The first-order valence-corrected chi connectivity index (χ1v) is 6.80. The number of rotatable bonds is 6. The van der Waals surface area contributed by atoms with E-state index in [0.29, 0.717) is 0 Å². The van der Waals surface area contributed by atoms with E-state index in [1.165, 1.54) is 56.6 Å². The summed E-state index contributed by atoms with van der Waals surface area (Å²) in [6.07, 6.45) is 4.02. The van der Waals surface area contributed by atoms with Gasteiger partial charge in [0, 0.05) is 6.54 Å². The summed E-state index contributed by atoms with van der Waals surface area (Å²) in [6, 6.07) is 0.856. The van der Waals surface area contributed by atoms with Crippen molar-refractivity contribution in [1.29, 1.82) is 0 Å². The van der Waals surface area contributed by atoms with Crippen molar-refractivity contribution in [3.8, 4) is 0 Å². The molecule has 90 valence electrons. The van der Waals surface area contributed by atoms with Gasteiger partial charge < -0.3 is 4.48 Å². The Morgan fingerprint density at radius 1 is 1.07 bits per heavy atom. The molecular weight excluding hydrogens is 184 g/mol. The smallest absolute Gasteiger partial charge is 0.135 e. The van der Waals surface area contributed by atoms with Gasteiger partial charge in [-0.25, -0.2) is 4.90 Å². The Morgan fingerprint density at radius 3 is 2.20 bits per heavy atom. The first-order chi connectivity index (χ1) is 7.21. The lowest BCUT2D eigenvalue weighted by Gasteiger charge is -2.31. The van der Waals surface area contributed by atoms with Crippen LogP contribution in [0.1, 0.15) is 47.0 Å². The van der Waals surface area contributed by atoms with E-state index in [2.05, 4.69) is 32.6 Å². The largest absolute Gasteiger partial charge is 0.310 e. The van der Waals surface area contributed by atoms with Gasteiger partial charge in [-0.15, -0.1) is 0 Å².